The van der Waals surface area contributed by atoms with E-state index in [0.717, 1.165) is 11.0 Å². The molecule has 3 rings (SSSR count). The summed E-state index contributed by atoms with van der Waals surface area (Å²) in [5.74, 6) is 0.986. The Balaban J connectivity index is 1.98. The smallest absolute Gasteiger partial charge is 0.257 e. The highest BCUT2D eigenvalue weighted by atomic mass is 16.5. The van der Waals surface area contributed by atoms with Crippen LogP contribution in [0.3, 0.4) is 0 Å². The Morgan fingerprint density at radius 3 is 2.62 bits per heavy atom. The third-order valence-electron chi connectivity index (χ3n) is 3.36. The summed E-state index contributed by atoms with van der Waals surface area (Å²) in [5.41, 5.74) is 2.22. The molecule has 5 heteroatoms. The van der Waals surface area contributed by atoms with E-state index >= 15 is 0 Å². The number of aromatic nitrogens is 2. The summed E-state index contributed by atoms with van der Waals surface area (Å²) in [5, 5.41) is 2.82. The average molecular weight is 281 g/mol. The normalized spacial score (nSPS) is 10.6. The number of hydrogen-bond donors (Lipinski definition) is 1. The van der Waals surface area contributed by atoms with Crippen LogP contribution < -0.4 is 10.1 Å². The number of rotatable bonds is 3. The molecule has 0 aliphatic heterocycles. The molecule has 3 aromatic rings. The van der Waals surface area contributed by atoms with Gasteiger partial charge in [0.05, 0.1) is 12.6 Å². The number of carbonyl (C=O) groups is 1. The first-order chi connectivity index (χ1) is 10.2. The van der Waals surface area contributed by atoms with Crippen molar-refractivity contribution < 1.29 is 9.53 Å². The van der Waals surface area contributed by atoms with Gasteiger partial charge < -0.3 is 9.30 Å². The van der Waals surface area contributed by atoms with E-state index in [0.29, 0.717) is 17.3 Å². The second-order valence-corrected chi connectivity index (χ2v) is 4.64. The average Bonchev–Trinajstić information content (AvgIpc) is 2.84. The SMILES string of the molecule is COc1cccc2c1nc(NC(=O)c1ccccc1)n2C. The molecule has 1 aromatic heterocycles. The number of para-hydroxylation sites is 1. The monoisotopic (exact) mass is 281 g/mol. The molecule has 0 saturated carbocycles. The van der Waals surface area contributed by atoms with Gasteiger partial charge in [0.1, 0.15) is 11.3 Å². The lowest BCUT2D eigenvalue weighted by molar-refractivity contribution is 0.102. The maximum atomic E-state index is 12.2. The summed E-state index contributed by atoms with van der Waals surface area (Å²) < 4.78 is 7.13. The minimum absolute atomic E-state index is 0.187. The minimum Gasteiger partial charge on any atom is -0.494 e. The van der Waals surface area contributed by atoms with Crippen LogP contribution in [0.25, 0.3) is 11.0 Å². The third-order valence-corrected chi connectivity index (χ3v) is 3.36. The molecule has 0 spiro atoms. The van der Waals surface area contributed by atoms with E-state index in [4.69, 9.17) is 4.74 Å². The zero-order valence-electron chi connectivity index (χ0n) is 11.8. The van der Waals surface area contributed by atoms with Crippen LogP contribution in [0.2, 0.25) is 0 Å². The summed E-state index contributed by atoms with van der Waals surface area (Å²) in [7, 11) is 3.46. The first-order valence-corrected chi connectivity index (χ1v) is 6.56. The summed E-state index contributed by atoms with van der Waals surface area (Å²) in [6.45, 7) is 0. The molecule has 0 fully saturated rings. The molecule has 21 heavy (non-hydrogen) atoms. The van der Waals surface area contributed by atoms with Crippen molar-refractivity contribution in [2.45, 2.75) is 0 Å². The third kappa shape index (κ3) is 2.33. The van der Waals surface area contributed by atoms with Crippen molar-refractivity contribution in [3.8, 4) is 5.75 Å². The zero-order chi connectivity index (χ0) is 14.8. The van der Waals surface area contributed by atoms with Gasteiger partial charge in [0.25, 0.3) is 5.91 Å². The molecule has 0 aliphatic carbocycles. The number of benzene rings is 2. The van der Waals surface area contributed by atoms with Crippen molar-refractivity contribution in [2.24, 2.45) is 7.05 Å². The van der Waals surface area contributed by atoms with Crippen LogP contribution >= 0.6 is 0 Å². The number of methoxy groups -OCH3 is 1. The quantitative estimate of drug-likeness (QED) is 0.803. The van der Waals surface area contributed by atoms with E-state index in [1.807, 2.05) is 48.0 Å². The molecule has 0 saturated heterocycles. The molecule has 0 aliphatic rings. The van der Waals surface area contributed by atoms with E-state index in [-0.39, 0.29) is 5.91 Å². The van der Waals surface area contributed by atoms with Crippen molar-refractivity contribution in [1.29, 1.82) is 0 Å². The maximum Gasteiger partial charge on any atom is 0.257 e. The topological polar surface area (TPSA) is 56.1 Å². The second kappa shape index (κ2) is 5.28. The van der Waals surface area contributed by atoms with Crippen LogP contribution in [0.4, 0.5) is 5.95 Å². The summed E-state index contributed by atoms with van der Waals surface area (Å²) in [4.78, 5) is 16.7. The van der Waals surface area contributed by atoms with Crippen molar-refractivity contribution >= 4 is 22.9 Å². The Hall–Kier alpha value is -2.82. The number of aryl methyl sites for hydroxylation is 1. The predicted molar refractivity (Wildman–Crippen MR) is 81.7 cm³/mol. The number of carbonyl (C=O) groups excluding carboxylic acids is 1. The van der Waals surface area contributed by atoms with E-state index in [9.17, 15) is 4.79 Å². The lowest BCUT2D eigenvalue weighted by Gasteiger charge is -2.04. The number of hydrogen-bond acceptors (Lipinski definition) is 3. The first-order valence-electron chi connectivity index (χ1n) is 6.56. The molecule has 0 radical (unpaired) electrons. The first kappa shape index (κ1) is 13.2. The Morgan fingerprint density at radius 1 is 1.14 bits per heavy atom. The number of nitrogens with one attached hydrogen (secondary N) is 1. The van der Waals surface area contributed by atoms with E-state index in [1.165, 1.54) is 0 Å². The molecule has 106 valence electrons. The van der Waals surface area contributed by atoms with Crippen LogP contribution in [-0.4, -0.2) is 22.6 Å². The Bertz CT molecular complexity index is 794. The predicted octanol–water partition coefficient (Wildman–Crippen LogP) is 2.83. The molecule has 0 unspecified atom stereocenters. The van der Waals surface area contributed by atoms with Crippen LogP contribution in [0.15, 0.2) is 48.5 Å². The fraction of sp³-hybridized carbons (Fsp3) is 0.125. The summed E-state index contributed by atoms with van der Waals surface area (Å²) in [6, 6.07) is 14.7. The van der Waals surface area contributed by atoms with E-state index < -0.39 is 0 Å². The molecule has 1 heterocycles. The van der Waals surface area contributed by atoms with Gasteiger partial charge in [-0.15, -0.1) is 0 Å². The van der Waals surface area contributed by atoms with Gasteiger partial charge in [-0.3, -0.25) is 10.1 Å². The van der Waals surface area contributed by atoms with Gasteiger partial charge in [-0.25, -0.2) is 4.98 Å². The zero-order valence-corrected chi connectivity index (χ0v) is 11.8. The van der Waals surface area contributed by atoms with Crippen molar-refractivity contribution in [3.63, 3.8) is 0 Å². The lowest BCUT2D eigenvalue weighted by Crippen LogP contribution is -2.14. The van der Waals surface area contributed by atoms with Crippen molar-refractivity contribution in [2.75, 3.05) is 12.4 Å². The molecule has 0 atom stereocenters. The molecular weight excluding hydrogens is 266 g/mol. The van der Waals surface area contributed by atoms with Crippen molar-refractivity contribution in [1.82, 2.24) is 9.55 Å². The molecular formula is C16H15N3O2. The molecule has 2 aromatic carbocycles. The molecule has 1 N–H and O–H groups in total. The highest BCUT2D eigenvalue weighted by Gasteiger charge is 2.14. The van der Waals surface area contributed by atoms with Crippen LogP contribution in [-0.2, 0) is 7.05 Å². The van der Waals surface area contributed by atoms with Crippen LogP contribution in [0, 0.1) is 0 Å². The fourth-order valence-electron chi connectivity index (χ4n) is 2.23. The molecule has 5 nitrogen and oxygen atoms in total. The van der Waals surface area contributed by atoms with E-state index in [1.54, 1.807) is 19.2 Å². The number of fused-ring (bicyclic) bond motifs is 1. The van der Waals surface area contributed by atoms with Gasteiger partial charge in [-0.1, -0.05) is 24.3 Å². The van der Waals surface area contributed by atoms with Crippen LogP contribution in [0.5, 0.6) is 5.75 Å². The number of nitrogens with zero attached hydrogens (tertiary/aromatic N) is 2. The molecule has 0 bridgehead atoms. The summed E-state index contributed by atoms with van der Waals surface area (Å²) in [6.07, 6.45) is 0. The fourth-order valence-corrected chi connectivity index (χ4v) is 2.23. The van der Waals surface area contributed by atoms with Gasteiger partial charge in [-0.05, 0) is 24.3 Å². The van der Waals surface area contributed by atoms with Gasteiger partial charge in [-0.2, -0.15) is 0 Å². The largest absolute Gasteiger partial charge is 0.494 e. The highest BCUT2D eigenvalue weighted by Crippen LogP contribution is 2.26. The van der Waals surface area contributed by atoms with Gasteiger partial charge in [0.2, 0.25) is 5.95 Å². The number of amides is 1. The highest BCUT2D eigenvalue weighted by molar-refractivity contribution is 6.04. The Morgan fingerprint density at radius 2 is 1.90 bits per heavy atom. The van der Waals surface area contributed by atoms with Gasteiger partial charge in [0, 0.05) is 12.6 Å². The van der Waals surface area contributed by atoms with Crippen molar-refractivity contribution in [3.05, 3.63) is 54.1 Å². The number of imidazole rings is 1. The lowest BCUT2D eigenvalue weighted by atomic mass is 10.2. The summed E-state index contributed by atoms with van der Waals surface area (Å²) >= 11 is 0. The number of ether oxygens (including phenoxy) is 1. The maximum absolute atomic E-state index is 12.2. The van der Waals surface area contributed by atoms with Gasteiger partial charge in [0.15, 0.2) is 0 Å². The second-order valence-electron chi connectivity index (χ2n) is 4.64. The Kier molecular flexibility index (Phi) is 3.31. The van der Waals surface area contributed by atoms with Gasteiger partial charge >= 0.3 is 0 Å². The number of anilines is 1. The minimum atomic E-state index is -0.187. The van der Waals surface area contributed by atoms with E-state index in [2.05, 4.69) is 10.3 Å². The molecule has 1 amide bonds. The standard InChI is InChI=1S/C16H15N3O2/c1-19-12-9-6-10-13(21-2)14(12)17-16(19)18-15(20)11-7-4-3-5-8-11/h3-10H,1-2H3,(H,17,18,20). The Labute approximate surface area is 122 Å². The van der Waals surface area contributed by atoms with Crippen LogP contribution in [0.1, 0.15) is 10.4 Å².